The summed E-state index contributed by atoms with van der Waals surface area (Å²) in [6.07, 6.45) is 3.04. The van der Waals surface area contributed by atoms with Gasteiger partial charge in [0.05, 0.1) is 36.3 Å². The number of hydrogen-bond donors (Lipinski definition) is 1. The van der Waals surface area contributed by atoms with Gasteiger partial charge in [0.2, 0.25) is 0 Å². The Bertz CT molecular complexity index is 1200. The lowest BCUT2D eigenvalue weighted by atomic mass is 10.1. The first-order valence-corrected chi connectivity index (χ1v) is 8.90. The van der Waals surface area contributed by atoms with Crippen LogP contribution in [0.5, 0.6) is 5.75 Å². The number of ether oxygens (including phenoxy) is 1. The highest BCUT2D eigenvalue weighted by atomic mass is 16.5. The Hall–Kier alpha value is -4.12. The monoisotopic (exact) mass is 383 g/mol. The van der Waals surface area contributed by atoms with Crippen LogP contribution in [0.3, 0.4) is 0 Å². The predicted octanol–water partition coefficient (Wildman–Crippen LogP) is 3.28. The van der Waals surface area contributed by atoms with Gasteiger partial charge in [0, 0.05) is 17.1 Å². The molecular formula is C21H17N7O. The predicted molar refractivity (Wildman–Crippen MR) is 108 cm³/mol. The quantitative estimate of drug-likeness (QED) is 0.559. The molecule has 0 aliphatic rings. The van der Waals surface area contributed by atoms with Crippen LogP contribution in [0.1, 0.15) is 17.0 Å². The van der Waals surface area contributed by atoms with Crippen molar-refractivity contribution in [3.8, 4) is 23.1 Å². The van der Waals surface area contributed by atoms with E-state index in [0.717, 1.165) is 28.0 Å². The molecule has 0 unspecified atom stereocenters. The Morgan fingerprint density at radius 1 is 1.07 bits per heavy atom. The molecule has 1 aromatic carbocycles. The molecule has 1 N–H and O–H groups in total. The number of benzene rings is 1. The fraction of sp³-hybridized carbons (Fsp3) is 0.143. The Balaban J connectivity index is 1.74. The summed E-state index contributed by atoms with van der Waals surface area (Å²) < 4.78 is 5.54. The number of methoxy groups -OCH3 is 1. The number of fused-ring (bicyclic) bond motifs is 1. The fourth-order valence-electron chi connectivity index (χ4n) is 2.91. The van der Waals surface area contributed by atoms with E-state index in [9.17, 15) is 0 Å². The molecule has 0 atom stereocenters. The molecule has 0 amide bonds. The lowest BCUT2D eigenvalue weighted by Crippen LogP contribution is -2.05. The molecule has 4 aromatic rings. The first kappa shape index (κ1) is 18.3. The molecule has 0 radical (unpaired) electrons. The summed E-state index contributed by atoms with van der Waals surface area (Å²) in [6, 6.07) is 13.3. The molecular weight excluding hydrogens is 366 g/mol. The molecule has 0 fully saturated rings. The molecule has 3 heterocycles. The third-order valence-electron chi connectivity index (χ3n) is 4.40. The standard InChI is InChI=1S/C21H17N7O/c1-13-3-5-16(28-27-13)11-24-21-17-7-15(18-6-4-14(9-22)10-23-18)8-19(29-2)20(17)25-12-26-21/h3-8,10,12H,11H2,1-2H3,(H,24,25,26). The molecule has 4 rings (SSSR count). The second-order valence-corrected chi connectivity index (χ2v) is 6.36. The first-order chi connectivity index (χ1) is 14.2. The van der Waals surface area contributed by atoms with Crippen molar-refractivity contribution in [3.05, 3.63) is 65.9 Å². The van der Waals surface area contributed by atoms with Crippen LogP contribution in [-0.4, -0.2) is 32.3 Å². The van der Waals surface area contributed by atoms with Crippen molar-refractivity contribution in [1.82, 2.24) is 25.1 Å². The minimum atomic E-state index is 0.473. The van der Waals surface area contributed by atoms with Gasteiger partial charge in [0.25, 0.3) is 0 Å². The van der Waals surface area contributed by atoms with Crippen LogP contribution < -0.4 is 10.1 Å². The second-order valence-electron chi connectivity index (χ2n) is 6.36. The summed E-state index contributed by atoms with van der Waals surface area (Å²) in [5, 5.41) is 21.3. The van der Waals surface area contributed by atoms with Gasteiger partial charge in [-0.05, 0) is 43.3 Å². The number of aryl methyl sites for hydroxylation is 1. The van der Waals surface area contributed by atoms with Crippen molar-refractivity contribution >= 4 is 16.7 Å². The van der Waals surface area contributed by atoms with Crippen LogP contribution in [0.15, 0.2) is 48.9 Å². The van der Waals surface area contributed by atoms with Crippen LogP contribution in [0.2, 0.25) is 0 Å². The fourth-order valence-corrected chi connectivity index (χ4v) is 2.91. The maximum absolute atomic E-state index is 8.98. The van der Waals surface area contributed by atoms with Gasteiger partial charge in [0.15, 0.2) is 0 Å². The van der Waals surface area contributed by atoms with E-state index in [2.05, 4.69) is 36.5 Å². The third-order valence-corrected chi connectivity index (χ3v) is 4.40. The van der Waals surface area contributed by atoms with Gasteiger partial charge in [0.1, 0.15) is 29.5 Å². The number of nitriles is 1. The molecule has 0 aliphatic heterocycles. The molecule has 8 heteroatoms. The number of anilines is 1. The van der Waals surface area contributed by atoms with Crippen molar-refractivity contribution in [2.75, 3.05) is 12.4 Å². The largest absolute Gasteiger partial charge is 0.494 e. The van der Waals surface area contributed by atoms with Crippen LogP contribution in [-0.2, 0) is 6.54 Å². The molecule has 0 bridgehead atoms. The number of nitrogens with one attached hydrogen (secondary N) is 1. The molecule has 142 valence electrons. The maximum atomic E-state index is 8.98. The van der Waals surface area contributed by atoms with Crippen LogP contribution in [0.4, 0.5) is 5.82 Å². The summed E-state index contributed by atoms with van der Waals surface area (Å²) in [5.74, 6) is 1.27. The summed E-state index contributed by atoms with van der Waals surface area (Å²) in [5.41, 5.74) is 4.43. The number of aromatic nitrogens is 5. The Labute approximate surface area is 167 Å². The van der Waals surface area contributed by atoms with E-state index in [4.69, 9.17) is 10.00 Å². The van der Waals surface area contributed by atoms with Gasteiger partial charge in [-0.3, -0.25) is 4.98 Å². The lowest BCUT2D eigenvalue weighted by Gasteiger charge is -2.12. The Morgan fingerprint density at radius 3 is 2.66 bits per heavy atom. The molecule has 0 saturated carbocycles. The van der Waals surface area contributed by atoms with Gasteiger partial charge < -0.3 is 10.1 Å². The third kappa shape index (κ3) is 3.80. The smallest absolute Gasteiger partial charge is 0.145 e. The van der Waals surface area contributed by atoms with Crippen molar-refractivity contribution in [1.29, 1.82) is 5.26 Å². The van der Waals surface area contributed by atoms with Crippen molar-refractivity contribution < 1.29 is 4.74 Å². The normalized spacial score (nSPS) is 10.5. The first-order valence-electron chi connectivity index (χ1n) is 8.90. The van der Waals surface area contributed by atoms with E-state index in [1.807, 2.05) is 31.2 Å². The number of pyridine rings is 1. The maximum Gasteiger partial charge on any atom is 0.145 e. The van der Waals surface area contributed by atoms with Gasteiger partial charge in [-0.1, -0.05) is 0 Å². The number of hydrogen-bond acceptors (Lipinski definition) is 8. The molecule has 0 aliphatic carbocycles. The minimum absolute atomic E-state index is 0.473. The summed E-state index contributed by atoms with van der Waals surface area (Å²) in [6.45, 7) is 2.37. The van der Waals surface area contributed by atoms with Crippen LogP contribution in [0, 0.1) is 18.3 Å². The Kier molecular flexibility index (Phi) is 4.95. The van der Waals surface area contributed by atoms with E-state index in [-0.39, 0.29) is 0 Å². The summed E-state index contributed by atoms with van der Waals surface area (Å²) in [7, 11) is 1.60. The van der Waals surface area contributed by atoms with Gasteiger partial charge in [-0.15, -0.1) is 0 Å². The summed E-state index contributed by atoms with van der Waals surface area (Å²) >= 11 is 0. The minimum Gasteiger partial charge on any atom is -0.494 e. The van der Waals surface area contributed by atoms with E-state index in [0.29, 0.717) is 29.2 Å². The molecule has 0 saturated heterocycles. The van der Waals surface area contributed by atoms with Crippen molar-refractivity contribution in [3.63, 3.8) is 0 Å². The van der Waals surface area contributed by atoms with Crippen LogP contribution >= 0.6 is 0 Å². The number of rotatable bonds is 5. The zero-order valence-electron chi connectivity index (χ0n) is 15.9. The average molecular weight is 383 g/mol. The van der Waals surface area contributed by atoms with Gasteiger partial charge in [-0.2, -0.15) is 15.5 Å². The van der Waals surface area contributed by atoms with E-state index >= 15 is 0 Å². The van der Waals surface area contributed by atoms with E-state index in [1.165, 1.54) is 6.33 Å². The zero-order valence-corrected chi connectivity index (χ0v) is 15.9. The molecule has 29 heavy (non-hydrogen) atoms. The lowest BCUT2D eigenvalue weighted by molar-refractivity contribution is 0.419. The van der Waals surface area contributed by atoms with E-state index in [1.54, 1.807) is 25.4 Å². The van der Waals surface area contributed by atoms with Crippen molar-refractivity contribution in [2.45, 2.75) is 13.5 Å². The highest BCUT2D eigenvalue weighted by Gasteiger charge is 2.13. The van der Waals surface area contributed by atoms with E-state index < -0.39 is 0 Å². The second kappa shape index (κ2) is 7.86. The summed E-state index contributed by atoms with van der Waals surface area (Å²) in [4.78, 5) is 13.1. The highest BCUT2D eigenvalue weighted by Crippen LogP contribution is 2.33. The molecule has 3 aromatic heterocycles. The van der Waals surface area contributed by atoms with Gasteiger partial charge in [-0.25, -0.2) is 9.97 Å². The highest BCUT2D eigenvalue weighted by molar-refractivity contribution is 5.96. The molecule has 8 nitrogen and oxygen atoms in total. The number of nitrogens with zero attached hydrogens (tertiary/aromatic N) is 6. The van der Waals surface area contributed by atoms with Gasteiger partial charge >= 0.3 is 0 Å². The Morgan fingerprint density at radius 2 is 1.97 bits per heavy atom. The van der Waals surface area contributed by atoms with Crippen molar-refractivity contribution in [2.24, 2.45) is 0 Å². The zero-order chi connectivity index (χ0) is 20.2. The molecule has 0 spiro atoms. The topological polar surface area (TPSA) is 110 Å². The SMILES string of the molecule is COc1cc(-c2ccc(C#N)cn2)cc2c(NCc3ccc(C)nn3)ncnc12. The average Bonchev–Trinajstić information content (AvgIpc) is 2.78. The van der Waals surface area contributed by atoms with Crippen LogP contribution in [0.25, 0.3) is 22.2 Å².